The Balaban J connectivity index is 2.77. The summed E-state index contributed by atoms with van der Waals surface area (Å²) in [5.41, 5.74) is 7.65. The van der Waals surface area contributed by atoms with E-state index in [0.717, 1.165) is 24.1 Å². The van der Waals surface area contributed by atoms with E-state index in [0.29, 0.717) is 24.7 Å². The SMILES string of the molecule is CCCN(CC(=O)N(C)C)Cc1ccc(CN)cc1Cl. The van der Waals surface area contributed by atoms with Gasteiger partial charge in [0.2, 0.25) is 5.91 Å². The van der Waals surface area contributed by atoms with Crippen molar-refractivity contribution in [2.75, 3.05) is 27.2 Å². The van der Waals surface area contributed by atoms with E-state index in [1.54, 1.807) is 19.0 Å². The molecule has 20 heavy (non-hydrogen) atoms. The topological polar surface area (TPSA) is 49.6 Å². The van der Waals surface area contributed by atoms with E-state index < -0.39 is 0 Å². The number of halogens is 1. The van der Waals surface area contributed by atoms with Gasteiger partial charge in [-0.05, 0) is 30.2 Å². The molecule has 0 spiro atoms. The van der Waals surface area contributed by atoms with Gasteiger partial charge in [0.1, 0.15) is 0 Å². The van der Waals surface area contributed by atoms with Gasteiger partial charge in [0.05, 0.1) is 6.54 Å². The quantitative estimate of drug-likeness (QED) is 0.838. The smallest absolute Gasteiger partial charge is 0.236 e. The van der Waals surface area contributed by atoms with Gasteiger partial charge in [0.15, 0.2) is 0 Å². The van der Waals surface area contributed by atoms with Crippen molar-refractivity contribution in [2.45, 2.75) is 26.4 Å². The van der Waals surface area contributed by atoms with Crippen LogP contribution >= 0.6 is 11.6 Å². The van der Waals surface area contributed by atoms with Gasteiger partial charge in [0.25, 0.3) is 0 Å². The first-order valence-electron chi connectivity index (χ1n) is 6.87. The highest BCUT2D eigenvalue weighted by Gasteiger charge is 2.13. The monoisotopic (exact) mass is 297 g/mol. The van der Waals surface area contributed by atoms with Gasteiger partial charge < -0.3 is 10.6 Å². The van der Waals surface area contributed by atoms with Crippen molar-refractivity contribution in [3.63, 3.8) is 0 Å². The van der Waals surface area contributed by atoms with Crippen LogP contribution in [0.15, 0.2) is 18.2 Å². The summed E-state index contributed by atoms with van der Waals surface area (Å²) in [5.74, 6) is 0.105. The highest BCUT2D eigenvalue weighted by atomic mass is 35.5. The molecular formula is C15H24ClN3O. The van der Waals surface area contributed by atoms with Crippen molar-refractivity contribution < 1.29 is 4.79 Å². The van der Waals surface area contributed by atoms with Crippen LogP contribution in [0.3, 0.4) is 0 Å². The number of hydrogen-bond donors (Lipinski definition) is 1. The molecule has 0 heterocycles. The van der Waals surface area contributed by atoms with E-state index >= 15 is 0 Å². The Hall–Kier alpha value is -1.10. The van der Waals surface area contributed by atoms with Crippen LogP contribution in [-0.2, 0) is 17.9 Å². The van der Waals surface area contributed by atoms with E-state index in [-0.39, 0.29) is 5.91 Å². The molecule has 4 nitrogen and oxygen atoms in total. The second kappa shape index (κ2) is 8.25. The number of carbonyl (C=O) groups excluding carboxylic acids is 1. The van der Waals surface area contributed by atoms with Crippen molar-refractivity contribution in [1.82, 2.24) is 9.80 Å². The number of benzene rings is 1. The largest absolute Gasteiger partial charge is 0.348 e. The predicted octanol–water partition coefficient (Wildman–Crippen LogP) is 2.10. The third-order valence-corrected chi connectivity index (χ3v) is 3.50. The molecule has 0 fully saturated rings. The molecule has 1 rings (SSSR count). The summed E-state index contributed by atoms with van der Waals surface area (Å²) in [6.07, 6.45) is 0.999. The first-order valence-corrected chi connectivity index (χ1v) is 7.25. The lowest BCUT2D eigenvalue weighted by atomic mass is 10.1. The van der Waals surface area contributed by atoms with Gasteiger partial charge >= 0.3 is 0 Å². The third-order valence-electron chi connectivity index (χ3n) is 3.14. The number of nitrogens with zero attached hydrogens (tertiary/aromatic N) is 2. The van der Waals surface area contributed by atoms with E-state index in [9.17, 15) is 4.79 Å². The molecule has 5 heteroatoms. The third kappa shape index (κ3) is 5.12. The molecule has 1 amide bonds. The minimum atomic E-state index is 0.105. The fourth-order valence-corrected chi connectivity index (χ4v) is 2.21. The fourth-order valence-electron chi connectivity index (χ4n) is 1.95. The highest BCUT2D eigenvalue weighted by Crippen LogP contribution is 2.19. The van der Waals surface area contributed by atoms with Crippen LogP contribution < -0.4 is 5.73 Å². The maximum atomic E-state index is 11.8. The molecule has 0 aliphatic heterocycles. The molecule has 0 bridgehead atoms. The standard InChI is InChI=1S/C15H24ClN3O/c1-4-7-19(11-15(20)18(2)3)10-13-6-5-12(9-17)8-14(13)16/h5-6,8H,4,7,9-11,17H2,1-3H3. The van der Waals surface area contributed by atoms with Crippen LogP contribution in [0, 0.1) is 0 Å². The van der Waals surface area contributed by atoms with E-state index in [1.165, 1.54) is 0 Å². The van der Waals surface area contributed by atoms with Crippen LogP contribution in [0.2, 0.25) is 5.02 Å². The number of nitrogens with two attached hydrogens (primary N) is 1. The molecule has 0 unspecified atom stereocenters. The maximum Gasteiger partial charge on any atom is 0.236 e. The lowest BCUT2D eigenvalue weighted by molar-refractivity contribution is -0.130. The number of rotatable bonds is 7. The Morgan fingerprint density at radius 3 is 2.55 bits per heavy atom. The molecule has 1 aromatic rings. The first-order chi connectivity index (χ1) is 9.47. The number of hydrogen-bond acceptors (Lipinski definition) is 3. The Morgan fingerprint density at radius 2 is 2.05 bits per heavy atom. The van der Waals surface area contributed by atoms with Crippen LogP contribution in [0.4, 0.5) is 0 Å². The van der Waals surface area contributed by atoms with Crippen LogP contribution in [0.1, 0.15) is 24.5 Å². The molecule has 0 atom stereocenters. The molecule has 0 saturated heterocycles. The van der Waals surface area contributed by atoms with E-state index in [1.807, 2.05) is 18.2 Å². The minimum Gasteiger partial charge on any atom is -0.348 e. The molecule has 0 radical (unpaired) electrons. The summed E-state index contributed by atoms with van der Waals surface area (Å²) < 4.78 is 0. The molecule has 1 aromatic carbocycles. The summed E-state index contributed by atoms with van der Waals surface area (Å²) in [5, 5.41) is 0.714. The Morgan fingerprint density at radius 1 is 1.35 bits per heavy atom. The molecule has 0 saturated carbocycles. The van der Waals surface area contributed by atoms with Crippen LogP contribution in [-0.4, -0.2) is 42.9 Å². The molecule has 0 aromatic heterocycles. The zero-order chi connectivity index (χ0) is 15.1. The maximum absolute atomic E-state index is 11.8. The van der Waals surface area contributed by atoms with Gasteiger partial charge in [-0.3, -0.25) is 9.69 Å². The lowest BCUT2D eigenvalue weighted by Crippen LogP contribution is -2.36. The second-order valence-electron chi connectivity index (χ2n) is 5.13. The molecular weight excluding hydrogens is 274 g/mol. The highest BCUT2D eigenvalue weighted by molar-refractivity contribution is 6.31. The zero-order valence-electron chi connectivity index (χ0n) is 12.5. The van der Waals surface area contributed by atoms with Gasteiger partial charge in [-0.2, -0.15) is 0 Å². The summed E-state index contributed by atoms with van der Waals surface area (Å²) in [7, 11) is 3.55. The average molecular weight is 298 g/mol. The Bertz CT molecular complexity index is 449. The van der Waals surface area contributed by atoms with Crippen molar-refractivity contribution >= 4 is 17.5 Å². The summed E-state index contributed by atoms with van der Waals surface area (Å²) in [6, 6.07) is 5.88. The van der Waals surface area contributed by atoms with Gasteiger partial charge in [-0.25, -0.2) is 0 Å². The van der Waals surface area contributed by atoms with Crippen molar-refractivity contribution in [1.29, 1.82) is 0 Å². The second-order valence-corrected chi connectivity index (χ2v) is 5.54. The van der Waals surface area contributed by atoms with E-state index in [2.05, 4.69) is 11.8 Å². The summed E-state index contributed by atoms with van der Waals surface area (Å²) >= 11 is 6.27. The molecule has 2 N–H and O–H groups in total. The fraction of sp³-hybridized carbons (Fsp3) is 0.533. The first kappa shape index (κ1) is 17.0. The van der Waals surface area contributed by atoms with Crippen molar-refractivity contribution in [3.8, 4) is 0 Å². The Kier molecular flexibility index (Phi) is 6.99. The average Bonchev–Trinajstić information content (AvgIpc) is 2.41. The van der Waals surface area contributed by atoms with Gasteiger partial charge in [-0.1, -0.05) is 30.7 Å². The predicted molar refractivity (Wildman–Crippen MR) is 83.6 cm³/mol. The van der Waals surface area contributed by atoms with Crippen LogP contribution in [0.5, 0.6) is 0 Å². The molecule has 0 aliphatic rings. The number of likely N-dealkylation sites (N-methyl/N-ethyl adjacent to an activating group) is 1. The number of carbonyl (C=O) groups is 1. The van der Waals surface area contributed by atoms with Crippen LogP contribution in [0.25, 0.3) is 0 Å². The molecule has 0 aliphatic carbocycles. The van der Waals surface area contributed by atoms with Crippen molar-refractivity contribution in [3.05, 3.63) is 34.3 Å². The zero-order valence-corrected chi connectivity index (χ0v) is 13.3. The number of amides is 1. The summed E-state index contributed by atoms with van der Waals surface area (Å²) in [6.45, 7) is 4.55. The minimum absolute atomic E-state index is 0.105. The Labute approximate surface area is 126 Å². The summed E-state index contributed by atoms with van der Waals surface area (Å²) in [4.78, 5) is 15.6. The molecule has 112 valence electrons. The van der Waals surface area contributed by atoms with Crippen molar-refractivity contribution in [2.24, 2.45) is 5.73 Å². The normalized spacial score (nSPS) is 10.9. The lowest BCUT2D eigenvalue weighted by Gasteiger charge is -2.23. The van der Waals surface area contributed by atoms with Gasteiger partial charge in [0, 0.05) is 32.2 Å². The van der Waals surface area contributed by atoms with Gasteiger partial charge in [-0.15, -0.1) is 0 Å². The van der Waals surface area contributed by atoms with E-state index in [4.69, 9.17) is 17.3 Å².